The van der Waals surface area contributed by atoms with Gasteiger partial charge in [-0.3, -0.25) is 9.59 Å². The molecule has 1 saturated heterocycles. The third-order valence-electron chi connectivity index (χ3n) is 5.44. The van der Waals surface area contributed by atoms with E-state index in [0.717, 1.165) is 35.5 Å². The van der Waals surface area contributed by atoms with E-state index in [2.05, 4.69) is 10.4 Å². The van der Waals surface area contributed by atoms with E-state index in [1.165, 1.54) is 0 Å². The van der Waals surface area contributed by atoms with Crippen LogP contribution in [0.25, 0.3) is 5.69 Å². The summed E-state index contributed by atoms with van der Waals surface area (Å²) in [6.07, 6.45) is 2.14. The molecular weight excluding hydrogens is 370 g/mol. The van der Waals surface area contributed by atoms with Crippen molar-refractivity contribution in [3.05, 3.63) is 46.8 Å². The van der Waals surface area contributed by atoms with Gasteiger partial charge in [-0.15, -0.1) is 0 Å². The van der Waals surface area contributed by atoms with Gasteiger partial charge >= 0.3 is 5.97 Å². The second-order valence-electron chi connectivity index (χ2n) is 8.27. The molecule has 0 radical (unpaired) electrons. The van der Waals surface area contributed by atoms with Gasteiger partial charge in [0.25, 0.3) is 5.91 Å². The fraction of sp³-hybridized carbons (Fsp3) is 0.500. The summed E-state index contributed by atoms with van der Waals surface area (Å²) in [6, 6.07) is 7.43. The SMILES string of the molecule is Cc1nn(-c2ccc(C(=O)N[C@H]3CCOC(C)(C)C3)cc2)c(C)c1CCC(=O)O. The van der Waals surface area contributed by atoms with Crippen molar-refractivity contribution in [1.82, 2.24) is 15.1 Å². The summed E-state index contributed by atoms with van der Waals surface area (Å²) in [5.74, 6) is -0.908. The lowest BCUT2D eigenvalue weighted by Gasteiger charge is -2.35. The van der Waals surface area contributed by atoms with Gasteiger partial charge < -0.3 is 15.2 Å². The summed E-state index contributed by atoms with van der Waals surface area (Å²) in [5.41, 5.74) is 3.93. The number of aryl methyl sites for hydroxylation is 1. The first kappa shape index (κ1) is 21.0. The number of amides is 1. The Balaban J connectivity index is 1.71. The van der Waals surface area contributed by atoms with Crippen LogP contribution in [0.15, 0.2) is 24.3 Å². The molecule has 0 saturated carbocycles. The Labute approximate surface area is 171 Å². The molecule has 1 aliphatic heterocycles. The predicted molar refractivity (Wildman–Crippen MR) is 110 cm³/mol. The topological polar surface area (TPSA) is 93.5 Å². The highest BCUT2D eigenvalue weighted by Crippen LogP contribution is 2.24. The van der Waals surface area contributed by atoms with E-state index in [0.29, 0.717) is 18.6 Å². The van der Waals surface area contributed by atoms with Crippen molar-refractivity contribution in [3.63, 3.8) is 0 Å². The molecule has 0 unspecified atom stereocenters. The molecule has 3 rings (SSSR count). The molecular formula is C22H29N3O4. The highest BCUT2D eigenvalue weighted by Gasteiger charge is 2.29. The lowest BCUT2D eigenvalue weighted by Crippen LogP contribution is -2.45. The van der Waals surface area contributed by atoms with Crippen LogP contribution >= 0.6 is 0 Å². The maximum Gasteiger partial charge on any atom is 0.303 e. The second-order valence-corrected chi connectivity index (χ2v) is 8.27. The van der Waals surface area contributed by atoms with Crippen LogP contribution in [0.5, 0.6) is 0 Å². The van der Waals surface area contributed by atoms with Gasteiger partial charge in [-0.25, -0.2) is 4.68 Å². The number of nitrogens with zero attached hydrogens (tertiary/aromatic N) is 2. The third kappa shape index (κ3) is 5.03. The normalized spacial score (nSPS) is 18.4. The standard InChI is InChI=1S/C22H29N3O4/c1-14-19(9-10-20(26)27)15(2)25(24-14)18-7-5-16(6-8-18)21(28)23-17-11-12-29-22(3,4)13-17/h5-8,17H,9-13H2,1-4H3,(H,23,28)(H,26,27)/t17-/m0/s1. The number of hydrogen-bond donors (Lipinski definition) is 2. The summed E-state index contributed by atoms with van der Waals surface area (Å²) in [7, 11) is 0. The highest BCUT2D eigenvalue weighted by atomic mass is 16.5. The van der Waals surface area contributed by atoms with Crippen molar-refractivity contribution >= 4 is 11.9 Å². The molecule has 2 N–H and O–H groups in total. The molecule has 29 heavy (non-hydrogen) atoms. The summed E-state index contributed by atoms with van der Waals surface area (Å²) in [5, 5.41) is 16.6. The number of hydrogen-bond acceptors (Lipinski definition) is 4. The average Bonchev–Trinajstić information content (AvgIpc) is 2.93. The molecule has 1 amide bonds. The van der Waals surface area contributed by atoms with Gasteiger partial charge in [0, 0.05) is 30.3 Å². The van der Waals surface area contributed by atoms with E-state index in [4.69, 9.17) is 9.84 Å². The van der Waals surface area contributed by atoms with Crippen molar-refractivity contribution in [2.45, 2.75) is 65.0 Å². The summed E-state index contributed by atoms with van der Waals surface area (Å²) < 4.78 is 7.51. The van der Waals surface area contributed by atoms with Gasteiger partial charge in [0.05, 0.1) is 17.0 Å². The Morgan fingerprint density at radius 3 is 2.59 bits per heavy atom. The number of carboxylic acid groups (broad SMARTS) is 1. The van der Waals surface area contributed by atoms with Crippen LogP contribution in [0.3, 0.4) is 0 Å². The van der Waals surface area contributed by atoms with E-state index in [-0.39, 0.29) is 24.0 Å². The van der Waals surface area contributed by atoms with E-state index in [9.17, 15) is 9.59 Å². The Hall–Kier alpha value is -2.67. The van der Waals surface area contributed by atoms with Crippen molar-refractivity contribution in [2.75, 3.05) is 6.61 Å². The lowest BCUT2D eigenvalue weighted by atomic mass is 9.94. The molecule has 2 aromatic rings. The Morgan fingerprint density at radius 2 is 1.97 bits per heavy atom. The minimum Gasteiger partial charge on any atom is -0.481 e. The number of carbonyl (C=O) groups excluding carboxylic acids is 1. The quantitative estimate of drug-likeness (QED) is 0.778. The first-order valence-corrected chi connectivity index (χ1v) is 9.98. The van der Waals surface area contributed by atoms with Crippen LogP contribution in [0.4, 0.5) is 0 Å². The van der Waals surface area contributed by atoms with Gasteiger partial charge in [0.2, 0.25) is 0 Å². The molecule has 1 aromatic carbocycles. The third-order valence-corrected chi connectivity index (χ3v) is 5.44. The molecule has 0 bridgehead atoms. The number of benzene rings is 1. The Bertz CT molecular complexity index is 900. The van der Waals surface area contributed by atoms with Crippen molar-refractivity contribution in [1.29, 1.82) is 0 Å². The van der Waals surface area contributed by atoms with E-state index in [1.54, 1.807) is 16.8 Å². The van der Waals surface area contributed by atoms with Gasteiger partial charge in [-0.2, -0.15) is 5.10 Å². The van der Waals surface area contributed by atoms with Gasteiger partial charge in [0.15, 0.2) is 0 Å². The van der Waals surface area contributed by atoms with Crippen LogP contribution in [-0.2, 0) is 16.0 Å². The summed E-state index contributed by atoms with van der Waals surface area (Å²) in [4.78, 5) is 23.5. The van der Waals surface area contributed by atoms with Gasteiger partial charge in [-0.05, 0) is 76.8 Å². The molecule has 1 fully saturated rings. The number of aromatic nitrogens is 2. The zero-order valence-electron chi connectivity index (χ0n) is 17.5. The number of aliphatic carboxylic acids is 1. The summed E-state index contributed by atoms with van der Waals surface area (Å²) in [6.45, 7) is 8.56. The van der Waals surface area contributed by atoms with E-state index >= 15 is 0 Å². The minimum atomic E-state index is -0.820. The first-order chi connectivity index (χ1) is 13.7. The van der Waals surface area contributed by atoms with Crippen molar-refractivity contribution in [3.8, 4) is 5.69 Å². The van der Waals surface area contributed by atoms with E-state index < -0.39 is 5.97 Å². The maximum absolute atomic E-state index is 12.6. The molecule has 1 aromatic heterocycles. The summed E-state index contributed by atoms with van der Waals surface area (Å²) >= 11 is 0. The fourth-order valence-electron chi connectivity index (χ4n) is 3.90. The number of nitrogens with one attached hydrogen (secondary N) is 1. The van der Waals surface area contributed by atoms with Crippen LogP contribution in [0, 0.1) is 13.8 Å². The number of carbonyl (C=O) groups is 2. The molecule has 2 heterocycles. The molecule has 7 heteroatoms. The zero-order valence-corrected chi connectivity index (χ0v) is 17.5. The van der Waals surface area contributed by atoms with Crippen LogP contribution < -0.4 is 5.32 Å². The first-order valence-electron chi connectivity index (χ1n) is 9.98. The zero-order chi connectivity index (χ0) is 21.2. The van der Waals surface area contributed by atoms with Crippen molar-refractivity contribution in [2.24, 2.45) is 0 Å². The molecule has 1 atom stereocenters. The number of carboxylic acids is 1. The molecule has 156 valence electrons. The highest BCUT2D eigenvalue weighted by molar-refractivity contribution is 5.94. The fourth-order valence-corrected chi connectivity index (χ4v) is 3.90. The molecule has 1 aliphatic rings. The second kappa shape index (κ2) is 8.37. The van der Waals surface area contributed by atoms with E-state index in [1.807, 2.05) is 39.8 Å². The smallest absolute Gasteiger partial charge is 0.303 e. The minimum absolute atomic E-state index is 0.0789. The number of rotatable bonds is 6. The van der Waals surface area contributed by atoms with Crippen LogP contribution in [-0.4, -0.2) is 45.0 Å². The maximum atomic E-state index is 12.6. The van der Waals surface area contributed by atoms with Crippen LogP contribution in [0.1, 0.15) is 60.4 Å². The van der Waals surface area contributed by atoms with Crippen LogP contribution in [0.2, 0.25) is 0 Å². The van der Waals surface area contributed by atoms with Gasteiger partial charge in [-0.1, -0.05) is 0 Å². The molecule has 7 nitrogen and oxygen atoms in total. The monoisotopic (exact) mass is 399 g/mol. The van der Waals surface area contributed by atoms with Crippen molar-refractivity contribution < 1.29 is 19.4 Å². The number of ether oxygens (including phenoxy) is 1. The average molecular weight is 399 g/mol. The Kier molecular flexibility index (Phi) is 6.07. The largest absolute Gasteiger partial charge is 0.481 e. The Morgan fingerprint density at radius 1 is 1.28 bits per heavy atom. The molecule has 0 aliphatic carbocycles. The lowest BCUT2D eigenvalue weighted by molar-refractivity contribution is -0.136. The predicted octanol–water partition coefficient (Wildman–Crippen LogP) is 3.19. The molecule has 0 spiro atoms. The van der Waals surface area contributed by atoms with Gasteiger partial charge in [0.1, 0.15) is 0 Å².